The lowest BCUT2D eigenvalue weighted by molar-refractivity contribution is -0.222. The third-order valence-corrected chi connectivity index (χ3v) is 8.33. The van der Waals surface area contributed by atoms with Gasteiger partial charge < -0.3 is 4.79 Å². The number of ketones is 1. The van der Waals surface area contributed by atoms with E-state index in [4.69, 9.17) is 0 Å². The molecule has 0 radical (unpaired) electrons. The number of aldehydes is 1. The van der Waals surface area contributed by atoms with Crippen LogP contribution in [0.2, 0.25) is 0 Å². The Morgan fingerprint density at radius 2 is 1.39 bits per heavy atom. The molecule has 0 aromatic rings. The van der Waals surface area contributed by atoms with Gasteiger partial charge in [0.25, 0.3) is 0 Å². The van der Waals surface area contributed by atoms with Gasteiger partial charge in [0.05, 0.1) is 11.8 Å². The molecule has 0 aliphatic heterocycles. The summed E-state index contributed by atoms with van der Waals surface area (Å²) in [7, 11) is 0. The number of rotatable bonds is 5. The number of alkyl halides is 8. The molecule has 3 fully saturated rings. The molecule has 2 nitrogen and oxygen atoms in total. The third-order valence-electron chi connectivity index (χ3n) is 8.33. The van der Waals surface area contributed by atoms with E-state index in [-0.39, 0.29) is 32.0 Å². The minimum atomic E-state index is -4.86. The first-order chi connectivity index (χ1) is 15.4. The molecule has 0 amide bonds. The number of hydrogen-bond acceptors (Lipinski definition) is 2. The summed E-state index contributed by atoms with van der Waals surface area (Å²) in [6.45, 7) is 0. The zero-order valence-electron chi connectivity index (χ0n) is 18.2. The van der Waals surface area contributed by atoms with Gasteiger partial charge in [-0.05, 0) is 43.9 Å². The monoisotopic (exact) mass is 490 g/mol. The van der Waals surface area contributed by atoms with Gasteiger partial charge in [-0.2, -0.15) is 26.3 Å². The van der Waals surface area contributed by atoms with E-state index in [1.807, 2.05) is 0 Å². The molecule has 5 unspecified atom stereocenters. The first kappa shape index (κ1) is 26.4. The van der Waals surface area contributed by atoms with Crippen LogP contribution in [0.3, 0.4) is 0 Å². The maximum absolute atomic E-state index is 14.1. The average molecular weight is 490 g/mol. The summed E-state index contributed by atoms with van der Waals surface area (Å²) in [6, 6.07) is 0. The number of hydrogen-bond donors (Lipinski definition) is 0. The average Bonchev–Trinajstić information content (AvgIpc) is 2.76. The number of carbonyl (C=O) groups excluding carboxylic acids is 2. The van der Waals surface area contributed by atoms with Crippen molar-refractivity contribution in [3.05, 3.63) is 0 Å². The standard InChI is InChI=1S/C23H30F8O2/c24-21(25)15-10-17(23(29,30)31)16(11-32)18(12-4-2-1-3-5-12)19(15)20(33)13-6-8-14(9-7-13)22(26,27)28/h11-19,21H,1-10H2. The molecular weight excluding hydrogens is 460 g/mol. The molecule has 3 saturated carbocycles. The second-order valence-corrected chi connectivity index (χ2v) is 10.1. The second kappa shape index (κ2) is 10.2. The van der Waals surface area contributed by atoms with Gasteiger partial charge in [-0.3, -0.25) is 4.79 Å². The van der Waals surface area contributed by atoms with Crippen molar-refractivity contribution >= 4 is 12.1 Å². The van der Waals surface area contributed by atoms with Crippen molar-refractivity contribution in [2.24, 2.45) is 47.3 Å². The van der Waals surface area contributed by atoms with Crippen molar-refractivity contribution in [2.75, 3.05) is 0 Å². The largest absolute Gasteiger partial charge is 0.392 e. The molecule has 0 aromatic heterocycles. The van der Waals surface area contributed by atoms with Gasteiger partial charge in [0.15, 0.2) is 0 Å². The Hall–Kier alpha value is -1.22. The number of halogens is 8. The zero-order chi connectivity index (χ0) is 24.6. The van der Waals surface area contributed by atoms with Crippen LogP contribution < -0.4 is 0 Å². The summed E-state index contributed by atoms with van der Waals surface area (Å²) < 4.78 is 109. The van der Waals surface area contributed by atoms with Crippen molar-refractivity contribution in [3.63, 3.8) is 0 Å². The van der Waals surface area contributed by atoms with E-state index in [0.717, 1.165) is 6.42 Å². The third kappa shape index (κ3) is 5.72. The van der Waals surface area contributed by atoms with Crippen LogP contribution in [0, 0.1) is 47.3 Å². The SMILES string of the molecule is O=CC1C(C2CCCCC2)C(C(=O)C2CCC(C(F)(F)F)CC2)C(C(F)F)CC1C(F)(F)F. The molecule has 33 heavy (non-hydrogen) atoms. The molecule has 0 N–H and O–H groups in total. The zero-order valence-corrected chi connectivity index (χ0v) is 18.2. The molecule has 0 spiro atoms. The Morgan fingerprint density at radius 3 is 1.85 bits per heavy atom. The van der Waals surface area contributed by atoms with Gasteiger partial charge in [0, 0.05) is 23.7 Å². The minimum absolute atomic E-state index is 0.124. The predicted octanol–water partition coefficient (Wildman–Crippen LogP) is 7.02. The van der Waals surface area contributed by atoms with Gasteiger partial charge in [0.2, 0.25) is 6.43 Å². The molecule has 10 heteroatoms. The molecule has 190 valence electrons. The van der Waals surface area contributed by atoms with Crippen LogP contribution in [0.4, 0.5) is 35.1 Å². The van der Waals surface area contributed by atoms with Gasteiger partial charge >= 0.3 is 12.4 Å². The molecule has 0 saturated heterocycles. The van der Waals surface area contributed by atoms with E-state index in [1.54, 1.807) is 0 Å². The highest BCUT2D eigenvalue weighted by atomic mass is 19.4. The lowest BCUT2D eigenvalue weighted by atomic mass is 9.54. The lowest BCUT2D eigenvalue weighted by Gasteiger charge is -2.49. The highest BCUT2D eigenvalue weighted by Crippen LogP contribution is 2.55. The van der Waals surface area contributed by atoms with Crippen LogP contribution in [-0.2, 0) is 9.59 Å². The minimum Gasteiger partial charge on any atom is -0.303 e. The van der Waals surface area contributed by atoms with Crippen LogP contribution in [0.15, 0.2) is 0 Å². The second-order valence-electron chi connectivity index (χ2n) is 10.1. The molecule has 3 aliphatic carbocycles. The fourth-order valence-corrected chi connectivity index (χ4v) is 6.69. The molecule has 0 heterocycles. The van der Waals surface area contributed by atoms with E-state index in [0.29, 0.717) is 25.7 Å². The Balaban J connectivity index is 1.94. The molecule has 5 atom stereocenters. The van der Waals surface area contributed by atoms with Crippen LogP contribution in [-0.4, -0.2) is 30.8 Å². The maximum atomic E-state index is 14.1. The summed E-state index contributed by atoms with van der Waals surface area (Å²) in [5.41, 5.74) is 0. The Bertz CT molecular complexity index is 675. The Morgan fingerprint density at radius 1 is 0.818 bits per heavy atom. The molecule has 3 aliphatic rings. The summed E-state index contributed by atoms with van der Waals surface area (Å²) in [4.78, 5) is 25.4. The summed E-state index contributed by atoms with van der Waals surface area (Å²) in [6.07, 6.45) is -11.0. The van der Waals surface area contributed by atoms with Crippen LogP contribution in [0.1, 0.15) is 64.2 Å². The van der Waals surface area contributed by atoms with E-state index in [2.05, 4.69) is 0 Å². The molecule has 0 aromatic carbocycles. The van der Waals surface area contributed by atoms with Gasteiger partial charge in [0.1, 0.15) is 12.1 Å². The van der Waals surface area contributed by atoms with Gasteiger partial charge in [-0.1, -0.05) is 32.1 Å². The van der Waals surface area contributed by atoms with Crippen LogP contribution in [0.5, 0.6) is 0 Å². The Labute approximate surface area is 187 Å². The highest BCUT2D eigenvalue weighted by Gasteiger charge is 2.60. The highest BCUT2D eigenvalue weighted by molar-refractivity contribution is 5.85. The fraction of sp³-hybridized carbons (Fsp3) is 0.913. The quantitative estimate of drug-likeness (QED) is 0.307. The van der Waals surface area contributed by atoms with E-state index in [1.165, 1.54) is 0 Å². The summed E-state index contributed by atoms with van der Waals surface area (Å²) >= 11 is 0. The van der Waals surface area contributed by atoms with Gasteiger partial charge in [-0.15, -0.1) is 0 Å². The van der Waals surface area contributed by atoms with Crippen LogP contribution >= 0.6 is 0 Å². The van der Waals surface area contributed by atoms with Crippen molar-refractivity contribution in [1.29, 1.82) is 0 Å². The Kier molecular flexibility index (Phi) is 8.14. The van der Waals surface area contributed by atoms with Crippen molar-refractivity contribution < 1.29 is 44.7 Å². The summed E-state index contributed by atoms with van der Waals surface area (Å²) in [5, 5.41) is 0. The fourth-order valence-electron chi connectivity index (χ4n) is 6.69. The van der Waals surface area contributed by atoms with E-state index in [9.17, 15) is 44.7 Å². The van der Waals surface area contributed by atoms with Gasteiger partial charge in [-0.25, -0.2) is 8.78 Å². The maximum Gasteiger partial charge on any atom is 0.392 e. The topological polar surface area (TPSA) is 34.1 Å². The molecular formula is C23H30F8O2. The van der Waals surface area contributed by atoms with E-state index >= 15 is 0 Å². The summed E-state index contributed by atoms with van der Waals surface area (Å²) in [5.74, 6) is -11.9. The molecule has 0 bridgehead atoms. The number of Topliss-reactive ketones (excluding diaryl/α,β-unsaturated/α-hetero) is 1. The first-order valence-corrected chi connectivity index (χ1v) is 11.8. The predicted molar refractivity (Wildman–Crippen MR) is 103 cm³/mol. The lowest BCUT2D eigenvalue weighted by Crippen LogP contribution is -2.54. The van der Waals surface area contributed by atoms with Crippen LogP contribution in [0.25, 0.3) is 0 Å². The van der Waals surface area contributed by atoms with Crippen molar-refractivity contribution in [1.82, 2.24) is 0 Å². The smallest absolute Gasteiger partial charge is 0.303 e. The van der Waals surface area contributed by atoms with Crippen molar-refractivity contribution in [3.8, 4) is 0 Å². The molecule has 3 rings (SSSR count). The number of carbonyl (C=O) groups is 2. The van der Waals surface area contributed by atoms with Crippen molar-refractivity contribution in [2.45, 2.75) is 83.0 Å². The first-order valence-electron chi connectivity index (χ1n) is 11.8. The van der Waals surface area contributed by atoms with E-state index < -0.39 is 78.3 Å². The normalized spacial score (nSPS) is 37.2.